The smallest absolute Gasteiger partial charge is 0.125 e. The Hall–Kier alpha value is -2.87. The van der Waals surface area contributed by atoms with Crippen LogP contribution in [0.3, 0.4) is 0 Å². The van der Waals surface area contributed by atoms with Crippen molar-refractivity contribution in [3.05, 3.63) is 96.1 Å². The Morgan fingerprint density at radius 3 is 1.86 bits per heavy atom. The highest BCUT2D eigenvalue weighted by atomic mass is 14.8. The minimum atomic E-state index is 0.577. The van der Waals surface area contributed by atoms with Crippen LogP contribution >= 0.6 is 0 Å². The molecule has 0 saturated carbocycles. The second kappa shape index (κ2) is 6.72. The van der Waals surface area contributed by atoms with E-state index in [-0.39, 0.29) is 0 Å². The number of amidine groups is 1. The van der Waals surface area contributed by atoms with Gasteiger partial charge in [-0.25, -0.2) is 0 Å². The van der Waals surface area contributed by atoms with Gasteiger partial charge in [-0.3, -0.25) is 4.99 Å². The number of hydrogen-bond donors (Lipinski definition) is 1. The number of benzene rings is 3. The zero-order valence-electron chi connectivity index (χ0n) is 12.3. The van der Waals surface area contributed by atoms with Crippen LogP contribution in [-0.4, -0.2) is 5.84 Å². The molecule has 0 spiro atoms. The number of hydrogen-bond acceptors (Lipinski definition) is 1. The van der Waals surface area contributed by atoms with Crippen LogP contribution in [0.4, 0.5) is 0 Å². The Morgan fingerprint density at radius 1 is 0.682 bits per heavy atom. The molecule has 0 aromatic heterocycles. The van der Waals surface area contributed by atoms with Crippen LogP contribution in [0.2, 0.25) is 0 Å². The van der Waals surface area contributed by atoms with E-state index in [1.165, 1.54) is 11.1 Å². The van der Waals surface area contributed by atoms with Gasteiger partial charge in [-0.15, -0.1) is 0 Å². The normalized spacial score (nSPS) is 11.4. The Kier molecular flexibility index (Phi) is 4.30. The first kappa shape index (κ1) is 14.1. The fourth-order valence-electron chi connectivity index (χ4n) is 2.31. The molecule has 0 saturated heterocycles. The molecule has 2 nitrogen and oxygen atoms in total. The second-order valence-electron chi connectivity index (χ2n) is 5.13. The van der Waals surface area contributed by atoms with Crippen molar-refractivity contribution in [2.24, 2.45) is 10.7 Å². The lowest BCUT2D eigenvalue weighted by molar-refractivity contribution is 1.06. The van der Waals surface area contributed by atoms with E-state index in [0.29, 0.717) is 12.4 Å². The van der Waals surface area contributed by atoms with E-state index < -0.39 is 0 Å². The molecule has 108 valence electrons. The predicted molar refractivity (Wildman–Crippen MR) is 92.7 cm³/mol. The zero-order valence-corrected chi connectivity index (χ0v) is 12.3. The van der Waals surface area contributed by atoms with Crippen LogP contribution in [0, 0.1) is 0 Å². The molecule has 0 aliphatic rings. The number of nitrogens with two attached hydrogens (primary N) is 1. The molecule has 2 heteroatoms. The molecule has 2 N–H and O–H groups in total. The molecule has 0 unspecified atom stereocenters. The first-order valence-electron chi connectivity index (χ1n) is 7.32. The van der Waals surface area contributed by atoms with Crippen LogP contribution in [0.5, 0.6) is 0 Å². The van der Waals surface area contributed by atoms with Gasteiger partial charge >= 0.3 is 0 Å². The van der Waals surface area contributed by atoms with Crippen LogP contribution in [0.25, 0.3) is 11.1 Å². The van der Waals surface area contributed by atoms with E-state index in [0.717, 1.165) is 11.1 Å². The standard InChI is InChI=1S/C20H18N2/c21-20(19-9-5-2-6-10-19)22-15-16-11-13-18(14-12-16)17-7-3-1-4-8-17/h1-14H,15H2,(H2,21,22). The molecule has 0 amide bonds. The molecule has 0 atom stereocenters. The largest absolute Gasteiger partial charge is 0.383 e. The molecule has 3 aromatic rings. The van der Waals surface area contributed by atoms with Gasteiger partial charge in [-0.1, -0.05) is 84.9 Å². The zero-order chi connectivity index (χ0) is 15.2. The van der Waals surface area contributed by atoms with Gasteiger partial charge in [0.2, 0.25) is 0 Å². The van der Waals surface area contributed by atoms with Crippen molar-refractivity contribution in [3.63, 3.8) is 0 Å². The summed E-state index contributed by atoms with van der Waals surface area (Å²) in [7, 11) is 0. The van der Waals surface area contributed by atoms with Crippen LogP contribution < -0.4 is 5.73 Å². The van der Waals surface area contributed by atoms with E-state index in [4.69, 9.17) is 5.73 Å². The molecule has 0 heterocycles. The Balaban J connectivity index is 1.72. The highest BCUT2D eigenvalue weighted by Gasteiger charge is 1.99. The van der Waals surface area contributed by atoms with Crippen LogP contribution in [-0.2, 0) is 6.54 Å². The SMILES string of the molecule is NC(=NCc1ccc(-c2ccccc2)cc1)c1ccccc1. The summed E-state index contributed by atoms with van der Waals surface area (Å²) >= 11 is 0. The lowest BCUT2D eigenvalue weighted by Crippen LogP contribution is -2.13. The lowest BCUT2D eigenvalue weighted by Gasteiger charge is -2.04. The maximum atomic E-state index is 6.01. The van der Waals surface area contributed by atoms with Gasteiger partial charge in [0.05, 0.1) is 6.54 Å². The summed E-state index contributed by atoms with van der Waals surface area (Å²) in [6.07, 6.45) is 0. The van der Waals surface area contributed by atoms with Crippen molar-refractivity contribution in [1.29, 1.82) is 0 Å². The van der Waals surface area contributed by atoms with Crippen molar-refractivity contribution < 1.29 is 0 Å². The van der Waals surface area contributed by atoms with Gasteiger partial charge in [0.25, 0.3) is 0 Å². The molecule has 3 rings (SSSR count). The van der Waals surface area contributed by atoms with Gasteiger partial charge in [0.1, 0.15) is 5.84 Å². The highest BCUT2D eigenvalue weighted by molar-refractivity contribution is 5.97. The van der Waals surface area contributed by atoms with Crippen molar-refractivity contribution in [3.8, 4) is 11.1 Å². The quantitative estimate of drug-likeness (QED) is 0.565. The lowest BCUT2D eigenvalue weighted by atomic mass is 10.0. The third-order valence-electron chi connectivity index (χ3n) is 3.56. The summed E-state index contributed by atoms with van der Waals surface area (Å²) in [6.45, 7) is 0.593. The number of aliphatic imine (C=N–C) groups is 1. The Labute approximate surface area is 131 Å². The fraction of sp³-hybridized carbons (Fsp3) is 0.0500. The molecule has 0 fully saturated rings. The predicted octanol–water partition coefficient (Wildman–Crippen LogP) is 4.26. The van der Waals surface area contributed by atoms with E-state index in [2.05, 4.69) is 41.4 Å². The van der Waals surface area contributed by atoms with Crippen molar-refractivity contribution >= 4 is 5.84 Å². The van der Waals surface area contributed by atoms with Crippen LogP contribution in [0.15, 0.2) is 89.9 Å². The average molecular weight is 286 g/mol. The van der Waals surface area contributed by atoms with Crippen LogP contribution in [0.1, 0.15) is 11.1 Å². The van der Waals surface area contributed by atoms with Gasteiger partial charge < -0.3 is 5.73 Å². The number of rotatable bonds is 4. The molecular weight excluding hydrogens is 268 g/mol. The first-order chi connectivity index (χ1) is 10.8. The summed E-state index contributed by atoms with van der Waals surface area (Å²) < 4.78 is 0. The third kappa shape index (κ3) is 3.41. The summed E-state index contributed by atoms with van der Waals surface area (Å²) in [6, 6.07) is 28.6. The molecule has 0 radical (unpaired) electrons. The third-order valence-corrected chi connectivity index (χ3v) is 3.56. The highest BCUT2D eigenvalue weighted by Crippen LogP contribution is 2.19. The summed E-state index contributed by atoms with van der Waals surface area (Å²) in [5.74, 6) is 0.577. The van der Waals surface area contributed by atoms with E-state index >= 15 is 0 Å². The van der Waals surface area contributed by atoms with Gasteiger partial charge in [-0.05, 0) is 16.7 Å². The summed E-state index contributed by atoms with van der Waals surface area (Å²) in [4.78, 5) is 4.46. The summed E-state index contributed by atoms with van der Waals surface area (Å²) in [5, 5.41) is 0. The minimum Gasteiger partial charge on any atom is -0.383 e. The first-order valence-corrected chi connectivity index (χ1v) is 7.32. The maximum Gasteiger partial charge on any atom is 0.125 e. The fourth-order valence-corrected chi connectivity index (χ4v) is 2.31. The maximum absolute atomic E-state index is 6.01. The van der Waals surface area contributed by atoms with E-state index in [1.54, 1.807) is 0 Å². The van der Waals surface area contributed by atoms with Gasteiger partial charge in [0.15, 0.2) is 0 Å². The van der Waals surface area contributed by atoms with Crippen molar-refractivity contribution in [2.45, 2.75) is 6.54 Å². The van der Waals surface area contributed by atoms with Gasteiger partial charge in [0, 0.05) is 5.56 Å². The van der Waals surface area contributed by atoms with E-state index in [9.17, 15) is 0 Å². The molecule has 22 heavy (non-hydrogen) atoms. The molecule has 0 aliphatic heterocycles. The second-order valence-corrected chi connectivity index (χ2v) is 5.13. The minimum absolute atomic E-state index is 0.577. The summed E-state index contributed by atoms with van der Waals surface area (Å²) in [5.41, 5.74) is 10.6. The molecular formula is C20H18N2. The Bertz CT molecular complexity index is 745. The van der Waals surface area contributed by atoms with E-state index in [1.807, 2.05) is 48.5 Å². The van der Waals surface area contributed by atoms with Gasteiger partial charge in [-0.2, -0.15) is 0 Å². The Morgan fingerprint density at radius 2 is 1.23 bits per heavy atom. The van der Waals surface area contributed by atoms with Crippen molar-refractivity contribution in [1.82, 2.24) is 0 Å². The monoisotopic (exact) mass is 286 g/mol. The molecule has 0 aliphatic carbocycles. The molecule has 3 aromatic carbocycles. The number of nitrogens with zero attached hydrogens (tertiary/aromatic N) is 1. The molecule has 0 bridgehead atoms. The topological polar surface area (TPSA) is 38.4 Å². The van der Waals surface area contributed by atoms with Crippen molar-refractivity contribution in [2.75, 3.05) is 0 Å². The average Bonchev–Trinajstić information content (AvgIpc) is 2.61.